The number of hydrogen-bond acceptors (Lipinski definition) is 4. The van der Waals surface area contributed by atoms with E-state index in [0.29, 0.717) is 0 Å². The smallest absolute Gasteiger partial charge is 0.159 e. The second-order valence-corrected chi connectivity index (χ2v) is 6.92. The van der Waals surface area contributed by atoms with E-state index in [4.69, 9.17) is 4.98 Å². The molecule has 5 heteroatoms. The van der Waals surface area contributed by atoms with E-state index in [0.717, 1.165) is 41.9 Å². The molecule has 0 spiro atoms. The molecule has 0 bridgehead atoms. The summed E-state index contributed by atoms with van der Waals surface area (Å²) in [4.78, 5) is 16.0. The maximum absolute atomic E-state index is 4.78. The maximum atomic E-state index is 4.78. The Bertz CT molecular complexity index is 851. The van der Waals surface area contributed by atoms with Crippen LogP contribution in [0.4, 0.5) is 0 Å². The lowest BCUT2D eigenvalue weighted by atomic mass is 10.1. The summed E-state index contributed by atoms with van der Waals surface area (Å²) in [5, 5.41) is 0. The zero-order valence-corrected chi connectivity index (χ0v) is 14.8. The molecular formula is C19H17BrN4. The van der Waals surface area contributed by atoms with Gasteiger partial charge in [0.25, 0.3) is 0 Å². The van der Waals surface area contributed by atoms with Crippen LogP contribution in [0.3, 0.4) is 0 Å². The number of halogens is 1. The Morgan fingerprint density at radius 3 is 2.79 bits per heavy atom. The largest absolute Gasteiger partial charge is 0.294 e. The molecule has 24 heavy (non-hydrogen) atoms. The summed E-state index contributed by atoms with van der Waals surface area (Å²) in [7, 11) is 0. The molecule has 0 saturated heterocycles. The first-order valence-corrected chi connectivity index (χ1v) is 8.79. The highest BCUT2D eigenvalue weighted by Gasteiger charge is 2.19. The van der Waals surface area contributed by atoms with Gasteiger partial charge in [0.1, 0.15) is 0 Å². The van der Waals surface area contributed by atoms with Gasteiger partial charge in [-0.1, -0.05) is 30.3 Å². The predicted molar refractivity (Wildman–Crippen MR) is 97.2 cm³/mol. The van der Waals surface area contributed by atoms with Crippen LogP contribution in [0.15, 0.2) is 59.5 Å². The number of rotatable bonds is 3. The molecule has 1 aliphatic rings. The zero-order chi connectivity index (χ0) is 16.4. The van der Waals surface area contributed by atoms with Gasteiger partial charge in [-0.25, -0.2) is 9.97 Å². The standard InChI is InChI=1S/C19H17BrN4/c20-17-8-14(9-21-11-17)12-24-7-6-18-16(13-24)10-22-19(23-18)15-4-2-1-3-5-15/h1-5,8-11H,6-7,12-13H2. The minimum atomic E-state index is 0.819. The Kier molecular flexibility index (Phi) is 4.36. The van der Waals surface area contributed by atoms with Crippen LogP contribution in [0.1, 0.15) is 16.8 Å². The molecule has 0 fully saturated rings. The van der Waals surface area contributed by atoms with Crippen molar-refractivity contribution < 1.29 is 0 Å². The Balaban J connectivity index is 1.52. The average molecular weight is 381 g/mol. The molecule has 0 N–H and O–H groups in total. The number of aromatic nitrogens is 3. The van der Waals surface area contributed by atoms with Crippen LogP contribution in [-0.2, 0) is 19.5 Å². The third-order valence-corrected chi connectivity index (χ3v) is 4.65. The molecule has 4 rings (SSSR count). The van der Waals surface area contributed by atoms with Crippen molar-refractivity contribution in [3.63, 3.8) is 0 Å². The molecule has 2 aromatic heterocycles. The first kappa shape index (κ1) is 15.4. The van der Waals surface area contributed by atoms with Crippen LogP contribution in [0.2, 0.25) is 0 Å². The zero-order valence-electron chi connectivity index (χ0n) is 13.2. The molecule has 3 aromatic rings. The van der Waals surface area contributed by atoms with Gasteiger partial charge in [-0.3, -0.25) is 9.88 Å². The quantitative estimate of drug-likeness (QED) is 0.691. The highest BCUT2D eigenvalue weighted by molar-refractivity contribution is 9.10. The lowest BCUT2D eigenvalue weighted by molar-refractivity contribution is 0.242. The second-order valence-electron chi connectivity index (χ2n) is 6.00. The SMILES string of the molecule is Brc1cncc(CN2CCc3nc(-c4ccccc4)ncc3C2)c1. The second kappa shape index (κ2) is 6.79. The molecule has 0 aliphatic carbocycles. The van der Waals surface area contributed by atoms with E-state index in [1.54, 1.807) is 0 Å². The van der Waals surface area contributed by atoms with Crippen LogP contribution in [0.25, 0.3) is 11.4 Å². The van der Waals surface area contributed by atoms with E-state index in [1.165, 1.54) is 16.8 Å². The monoisotopic (exact) mass is 380 g/mol. The van der Waals surface area contributed by atoms with Crippen LogP contribution in [0, 0.1) is 0 Å². The fourth-order valence-electron chi connectivity index (χ4n) is 3.04. The molecule has 0 atom stereocenters. The summed E-state index contributed by atoms with van der Waals surface area (Å²) >= 11 is 3.48. The number of hydrogen-bond donors (Lipinski definition) is 0. The van der Waals surface area contributed by atoms with Crippen molar-refractivity contribution in [3.8, 4) is 11.4 Å². The van der Waals surface area contributed by atoms with Crippen molar-refractivity contribution in [2.24, 2.45) is 0 Å². The fraction of sp³-hybridized carbons (Fsp3) is 0.211. The van der Waals surface area contributed by atoms with Crippen molar-refractivity contribution >= 4 is 15.9 Å². The molecule has 1 aliphatic heterocycles. The summed E-state index contributed by atoms with van der Waals surface area (Å²) in [5.74, 6) is 0.819. The van der Waals surface area contributed by atoms with Crippen molar-refractivity contribution in [3.05, 3.63) is 76.3 Å². The van der Waals surface area contributed by atoms with Crippen molar-refractivity contribution in [2.45, 2.75) is 19.5 Å². The molecule has 3 heterocycles. The van der Waals surface area contributed by atoms with Crippen LogP contribution in [-0.4, -0.2) is 26.4 Å². The van der Waals surface area contributed by atoms with Gasteiger partial charge < -0.3 is 0 Å². The highest BCUT2D eigenvalue weighted by Crippen LogP contribution is 2.22. The third-order valence-electron chi connectivity index (χ3n) is 4.21. The van der Waals surface area contributed by atoms with Gasteiger partial charge in [0.05, 0.1) is 5.69 Å². The molecule has 0 amide bonds. The first-order chi connectivity index (χ1) is 11.8. The molecule has 120 valence electrons. The molecule has 0 radical (unpaired) electrons. The van der Waals surface area contributed by atoms with E-state index in [9.17, 15) is 0 Å². The number of pyridine rings is 1. The normalized spacial score (nSPS) is 14.4. The average Bonchev–Trinajstić information content (AvgIpc) is 2.62. The Morgan fingerprint density at radius 2 is 1.96 bits per heavy atom. The van der Waals surface area contributed by atoms with Gasteiger partial charge in [-0.05, 0) is 27.6 Å². The summed E-state index contributed by atoms with van der Waals surface area (Å²) in [6, 6.07) is 12.3. The Morgan fingerprint density at radius 1 is 1.08 bits per heavy atom. The molecule has 1 aromatic carbocycles. The van der Waals surface area contributed by atoms with Gasteiger partial charge in [0, 0.05) is 60.2 Å². The summed E-state index contributed by atoms with van der Waals surface area (Å²) in [6.07, 6.45) is 6.68. The fourth-order valence-corrected chi connectivity index (χ4v) is 3.45. The Labute approximate surface area is 149 Å². The van der Waals surface area contributed by atoms with E-state index in [-0.39, 0.29) is 0 Å². The maximum Gasteiger partial charge on any atom is 0.159 e. The van der Waals surface area contributed by atoms with Crippen LogP contribution >= 0.6 is 15.9 Å². The molecule has 4 nitrogen and oxygen atoms in total. The van der Waals surface area contributed by atoms with Crippen molar-refractivity contribution in [2.75, 3.05) is 6.54 Å². The third kappa shape index (κ3) is 3.37. The summed E-state index contributed by atoms with van der Waals surface area (Å²) < 4.78 is 1.02. The minimum absolute atomic E-state index is 0.819. The number of benzene rings is 1. The minimum Gasteiger partial charge on any atom is -0.294 e. The molecular weight excluding hydrogens is 364 g/mol. The van der Waals surface area contributed by atoms with E-state index in [1.807, 2.05) is 36.8 Å². The lowest BCUT2D eigenvalue weighted by Gasteiger charge is -2.28. The van der Waals surface area contributed by atoms with Gasteiger partial charge in [-0.15, -0.1) is 0 Å². The predicted octanol–water partition coefficient (Wildman–Crippen LogP) is 3.86. The topological polar surface area (TPSA) is 41.9 Å². The number of nitrogens with zero attached hydrogens (tertiary/aromatic N) is 4. The molecule has 0 unspecified atom stereocenters. The van der Waals surface area contributed by atoms with Crippen molar-refractivity contribution in [1.82, 2.24) is 19.9 Å². The van der Waals surface area contributed by atoms with Gasteiger partial charge in [0.15, 0.2) is 5.82 Å². The van der Waals surface area contributed by atoms with Crippen LogP contribution < -0.4 is 0 Å². The van der Waals surface area contributed by atoms with E-state index < -0.39 is 0 Å². The molecule has 0 saturated carbocycles. The summed E-state index contributed by atoms with van der Waals surface area (Å²) in [6.45, 7) is 2.79. The van der Waals surface area contributed by atoms with Gasteiger partial charge in [0.2, 0.25) is 0 Å². The highest BCUT2D eigenvalue weighted by atomic mass is 79.9. The Hall–Kier alpha value is -2.11. The van der Waals surface area contributed by atoms with E-state index in [2.05, 4.69) is 49.0 Å². The van der Waals surface area contributed by atoms with Crippen LogP contribution in [0.5, 0.6) is 0 Å². The van der Waals surface area contributed by atoms with Crippen molar-refractivity contribution in [1.29, 1.82) is 0 Å². The van der Waals surface area contributed by atoms with Gasteiger partial charge in [-0.2, -0.15) is 0 Å². The number of fused-ring (bicyclic) bond motifs is 1. The van der Waals surface area contributed by atoms with E-state index >= 15 is 0 Å². The lowest BCUT2D eigenvalue weighted by Crippen LogP contribution is -2.31. The first-order valence-electron chi connectivity index (χ1n) is 8.00. The van der Waals surface area contributed by atoms with Gasteiger partial charge >= 0.3 is 0 Å². The summed E-state index contributed by atoms with van der Waals surface area (Å²) in [5.41, 5.74) is 4.69.